The molecule has 1 aromatic carbocycles. The lowest BCUT2D eigenvalue weighted by atomic mass is 10.1. The van der Waals surface area contributed by atoms with Crippen LogP contribution in [0.15, 0.2) is 30.2 Å². The average molecular weight is 325 g/mol. The third-order valence-electron chi connectivity index (χ3n) is 2.11. The molecular formula is C10H8F3N2O5S+. The van der Waals surface area contributed by atoms with Crippen LogP contribution < -0.4 is 4.18 Å². The summed E-state index contributed by atoms with van der Waals surface area (Å²) in [7, 11) is -4.68. The zero-order chi connectivity index (χ0) is 16.3. The number of benzene rings is 1. The van der Waals surface area contributed by atoms with Gasteiger partial charge in [-0.1, -0.05) is 0 Å². The Bertz CT molecular complexity index is 689. The molecule has 0 atom stereocenters. The number of halogens is 3. The molecule has 0 unspecified atom stereocenters. The third-order valence-corrected chi connectivity index (χ3v) is 3.09. The Labute approximate surface area is 117 Å². The van der Waals surface area contributed by atoms with Gasteiger partial charge in [0.15, 0.2) is 4.98 Å². The summed E-state index contributed by atoms with van der Waals surface area (Å²) in [6.45, 7) is 0. The van der Waals surface area contributed by atoms with Crippen LogP contribution in [0.25, 0.3) is 10.7 Å². The number of diazo groups is 1. The Hall–Kier alpha value is -2.48. The smallest absolute Gasteiger partial charge is 0.475 e. The second kappa shape index (κ2) is 5.88. The Morgan fingerprint density at radius 2 is 1.81 bits per heavy atom. The second-order valence-electron chi connectivity index (χ2n) is 3.47. The van der Waals surface area contributed by atoms with Crippen LogP contribution in [-0.2, 0) is 14.9 Å². The number of ether oxygens (including phenoxy) is 1. The molecule has 0 aliphatic heterocycles. The zero-order valence-electron chi connectivity index (χ0n) is 10.3. The summed E-state index contributed by atoms with van der Waals surface area (Å²) in [5.74, 6) is -1.35. The number of aliphatic hydroxyl groups is 1. The summed E-state index contributed by atoms with van der Waals surface area (Å²) in [5.41, 5.74) is -5.90. The summed E-state index contributed by atoms with van der Waals surface area (Å²) >= 11 is 0. The first kappa shape index (κ1) is 16.6. The highest BCUT2D eigenvalue weighted by atomic mass is 32.2. The van der Waals surface area contributed by atoms with Crippen LogP contribution in [0, 0.1) is 5.39 Å². The molecule has 0 aromatic heterocycles. The van der Waals surface area contributed by atoms with Crippen molar-refractivity contribution in [1.82, 2.24) is 0 Å². The molecule has 114 valence electrons. The fraction of sp³-hybridized carbons (Fsp3) is 0.200. The molecular weight excluding hydrogens is 317 g/mol. The van der Waals surface area contributed by atoms with E-state index in [1.807, 2.05) is 0 Å². The number of nitrogens with zero attached hydrogens (tertiary/aromatic N) is 2. The minimum Gasteiger partial charge on any atom is -0.475 e. The van der Waals surface area contributed by atoms with E-state index in [0.717, 1.165) is 31.4 Å². The number of rotatable bonds is 4. The van der Waals surface area contributed by atoms with E-state index in [1.165, 1.54) is 0 Å². The van der Waals surface area contributed by atoms with Gasteiger partial charge in [-0.3, -0.25) is 0 Å². The quantitative estimate of drug-likeness (QED) is 0.395. The lowest BCUT2D eigenvalue weighted by Gasteiger charge is -2.09. The van der Waals surface area contributed by atoms with Crippen molar-refractivity contribution < 1.29 is 35.6 Å². The van der Waals surface area contributed by atoms with Crippen LogP contribution in [0.2, 0.25) is 0 Å². The van der Waals surface area contributed by atoms with Crippen molar-refractivity contribution in [1.29, 1.82) is 5.39 Å². The van der Waals surface area contributed by atoms with E-state index in [1.54, 1.807) is 0 Å². The van der Waals surface area contributed by atoms with Gasteiger partial charge >= 0.3 is 27.3 Å². The summed E-state index contributed by atoms with van der Waals surface area (Å²) in [6.07, 6.45) is 0. The van der Waals surface area contributed by atoms with Crippen LogP contribution in [0.4, 0.5) is 13.2 Å². The highest BCUT2D eigenvalue weighted by Gasteiger charge is 2.48. The molecule has 11 heteroatoms. The van der Waals surface area contributed by atoms with Gasteiger partial charge in [0, 0.05) is 0 Å². The first-order chi connectivity index (χ1) is 9.62. The van der Waals surface area contributed by atoms with Crippen LogP contribution in [-0.4, -0.2) is 26.1 Å². The number of alkyl halides is 3. The number of aliphatic hydroxyl groups excluding tert-OH is 1. The summed E-state index contributed by atoms with van der Waals surface area (Å²) in [4.78, 5) is 2.74. The van der Waals surface area contributed by atoms with Crippen molar-refractivity contribution in [2.45, 2.75) is 5.51 Å². The number of hydrogen-bond acceptors (Lipinski definition) is 6. The first-order valence-corrected chi connectivity index (χ1v) is 6.46. The first-order valence-electron chi connectivity index (χ1n) is 5.06. The van der Waals surface area contributed by atoms with Gasteiger partial charge in [0.2, 0.25) is 5.39 Å². The maximum atomic E-state index is 12.1. The predicted molar refractivity (Wildman–Crippen MR) is 63.7 cm³/mol. The largest absolute Gasteiger partial charge is 0.534 e. The van der Waals surface area contributed by atoms with Gasteiger partial charge in [-0.15, -0.1) is 0 Å². The topological polar surface area (TPSA) is 101 Å². The fourth-order valence-corrected chi connectivity index (χ4v) is 1.62. The lowest BCUT2D eigenvalue weighted by molar-refractivity contribution is -0.0500. The van der Waals surface area contributed by atoms with Crippen LogP contribution in [0.3, 0.4) is 0 Å². The second-order valence-corrected chi connectivity index (χ2v) is 5.00. The van der Waals surface area contributed by atoms with Gasteiger partial charge in [0.1, 0.15) is 5.75 Å². The maximum Gasteiger partial charge on any atom is 0.534 e. The molecule has 21 heavy (non-hydrogen) atoms. The van der Waals surface area contributed by atoms with Crippen LogP contribution in [0.1, 0.15) is 5.56 Å². The molecule has 0 aliphatic rings. The van der Waals surface area contributed by atoms with Gasteiger partial charge < -0.3 is 14.0 Å². The van der Waals surface area contributed by atoms with Crippen molar-refractivity contribution in [2.75, 3.05) is 7.11 Å². The van der Waals surface area contributed by atoms with Gasteiger partial charge in [-0.25, -0.2) is 0 Å². The molecule has 0 saturated heterocycles. The molecule has 0 radical (unpaired) electrons. The van der Waals surface area contributed by atoms with Crippen LogP contribution >= 0.6 is 0 Å². The van der Waals surface area contributed by atoms with Gasteiger partial charge in [-0.2, -0.15) is 21.6 Å². The van der Waals surface area contributed by atoms with E-state index in [4.69, 9.17) is 5.39 Å². The van der Waals surface area contributed by atoms with Crippen molar-refractivity contribution in [3.8, 4) is 5.75 Å². The van der Waals surface area contributed by atoms with Crippen molar-refractivity contribution in [3.05, 3.63) is 40.8 Å². The standard InChI is InChI=1S/C10H7F3N2O5S/c1-19-9(16)8(15-14)6-2-4-7(5-3-6)20-21(17,18)10(11,12)13/h2-5H,1H3/p+1/b9-8+. The minimum atomic E-state index is -5.77. The molecule has 7 nitrogen and oxygen atoms in total. The minimum absolute atomic E-state index is 0.0496. The molecule has 1 rings (SSSR count). The molecule has 1 aromatic rings. The SMILES string of the molecule is CO/C(O)=C(/[N+]#N)c1ccc(OS(=O)(=O)C(F)(F)F)cc1. The van der Waals surface area contributed by atoms with E-state index in [-0.39, 0.29) is 5.56 Å². The summed E-state index contributed by atoms with van der Waals surface area (Å²) in [5, 5.41) is 18.0. The zero-order valence-corrected chi connectivity index (χ0v) is 11.1. The molecule has 0 saturated carbocycles. The van der Waals surface area contributed by atoms with Gasteiger partial charge in [0.25, 0.3) is 0 Å². The molecule has 0 heterocycles. The van der Waals surface area contributed by atoms with Crippen molar-refractivity contribution >= 4 is 15.8 Å². The molecule has 0 fully saturated rings. The molecule has 1 N–H and O–H groups in total. The third kappa shape index (κ3) is 3.76. The Balaban J connectivity index is 3.08. The number of methoxy groups -OCH3 is 1. The molecule has 0 spiro atoms. The van der Waals surface area contributed by atoms with E-state index < -0.39 is 33.0 Å². The molecule has 0 amide bonds. The Kier molecular flexibility index (Phi) is 4.64. The Morgan fingerprint density at radius 3 is 2.19 bits per heavy atom. The summed E-state index contributed by atoms with van der Waals surface area (Å²) in [6, 6.07) is 3.89. The number of hydrogen-bond donors (Lipinski definition) is 1. The van der Waals surface area contributed by atoms with Crippen molar-refractivity contribution in [3.63, 3.8) is 0 Å². The molecule has 0 bridgehead atoms. The van der Waals surface area contributed by atoms with E-state index in [9.17, 15) is 26.7 Å². The Morgan fingerprint density at radius 1 is 1.29 bits per heavy atom. The van der Waals surface area contributed by atoms with Gasteiger partial charge in [0.05, 0.1) is 12.7 Å². The lowest BCUT2D eigenvalue weighted by Crippen LogP contribution is -2.28. The normalized spacial score (nSPS) is 13.1. The fourth-order valence-electron chi connectivity index (χ4n) is 1.16. The van der Waals surface area contributed by atoms with Crippen LogP contribution in [0.5, 0.6) is 5.75 Å². The maximum absolute atomic E-state index is 12.1. The van der Waals surface area contributed by atoms with E-state index in [0.29, 0.717) is 0 Å². The van der Waals surface area contributed by atoms with E-state index in [2.05, 4.69) is 13.9 Å². The highest BCUT2D eigenvalue weighted by Crippen LogP contribution is 2.28. The van der Waals surface area contributed by atoms with E-state index >= 15 is 0 Å². The predicted octanol–water partition coefficient (Wildman–Crippen LogP) is 2.60. The average Bonchev–Trinajstić information content (AvgIpc) is 2.39. The molecule has 0 aliphatic carbocycles. The van der Waals surface area contributed by atoms with Gasteiger partial charge in [-0.05, 0) is 24.3 Å². The summed E-state index contributed by atoms with van der Waals surface area (Å²) < 4.78 is 66.2. The monoisotopic (exact) mass is 325 g/mol. The van der Waals surface area contributed by atoms with Crippen molar-refractivity contribution in [2.24, 2.45) is 0 Å². The highest BCUT2D eigenvalue weighted by molar-refractivity contribution is 7.87.